The van der Waals surface area contributed by atoms with E-state index in [1.807, 2.05) is 34.1 Å². The summed E-state index contributed by atoms with van der Waals surface area (Å²) in [5.74, 6) is 0.590. The van der Waals surface area contributed by atoms with E-state index in [4.69, 9.17) is 9.47 Å². The van der Waals surface area contributed by atoms with Crippen molar-refractivity contribution in [3.8, 4) is 5.75 Å². The van der Waals surface area contributed by atoms with Gasteiger partial charge in [-0.3, -0.25) is 9.59 Å². The SMILES string of the molecule is CCCCN1C(=O)CC(C(=O)N2CCOCC2)C1c1ccc(OC)cc1. The summed E-state index contributed by atoms with van der Waals surface area (Å²) in [7, 11) is 1.63. The third kappa shape index (κ3) is 3.85. The minimum atomic E-state index is -0.328. The number of nitrogens with zero attached hydrogens (tertiary/aromatic N) is 2. The molecule has 0 bridgehead atoms. The molecule has 0 N–H and O–H groups in total. The Morgan fingerprint density at radius 2 is 1.92 bits per heavy atom. The second kappa shape index (κ2) is 8.54. The molecule has 2 atom stereocenters. The number of carbonyl (C=O) groups is 2. The fraction of sp³-hybridized carbons (Fsp3) is 0.600. The largest absolute Gasteiger partial charge is 0.497 e. The Labute approximate surface area is 155 Å². The van der Waals surface area contributed by atoms with E-state index in [0.29, 0.717) is 32.8 Å². The van der Waals surface area contributed by atoms with Gasteiger partial charge in [0.25, 0.3) is 0 Å². The number of amides is 2. The standard InChI is InChI=1S/C20H28N2O4/c1-3-4-9-22-18(23)14-17(20(24)21-10-12-26-13-11-21)19(22)15-5-7-16(25-2)8-6-15/h5-8,17,19H,3-4,9-14H2,1-2H3. The van der Waals surface area contributed by atoms with Gasteiger partial charge in [-0.15, -0.1) is 0 Å². The van der Waals surface area contributed by atoms with E-state index < -0.39 is 0 Å². The van der Waals surface area contributed by atoms with Crippen LogP contribution in [0.2, 0.25) is 0 Å². The molecular formula is C20H28N2O4. The van der Waals surface area contributed by atoms with Crippen LogP contribution in [0.1, 0.15) is 37.8 Å². The summed E-state index contributed by atoms with van der Waals surface area (Å²) >= 11 is 0. The molecule has 0 saturated carbocycles. The molecule has 2 aliphatic heterocycles. The summed E-state index contributed by atoms with van der Waals surface area (Å²) in [6.45, 7) is 5.15. The molecule has 3 rings (SSSR count). The van der Waals surface area contributed by atoms with E-state index in [-0.39, 0.29) is 30.2 Å². The molecule has 0 radical (unpaired) electrons. The maximum Gasteiger partial charge on any atom is 0.228 e. The van der Waals surface area contributed by atoms with Crippen molar-refractivity contribution >= 4 is 11.8 Å². The molecule has 0 spiro atoms. The van der Waals surface area contributed by atoms with Crippen LogP contribution in [0.4, 0.5) is 0 Å². The quantitative estimate of drug-likeness (QED) is 0.781. The first-order valence-corrected chi connectivity index (χ1v) is 9.45. The number of benzene rings is 1. The highest BCUT2D eigenvalue weighted by molar-refractivity contribution is 5.90. The number of likely N-dealkylation sites (tertiary alicyclic amines) is 1. The van der Waals surface area contributed by atoms with Gasteiger partial charge in [-0.05, 0) is 24.1 Å². The van der Waals surface area contributed by atoms with Crippen LogP contribution in [0, 0.1) is 5.92 Å². The van der Waals surface area contributed by atoms with Crippen LogP contribution in [0.15, 0.2) is 24.3 Å². The lowest BCUT2D eigenvalue weighted by Gasteiger charge is -2.33. The van der Waals surface area contributed by atoms with Gasteiger partial charge in [0.1, 0.15) is 5.75 Å². The van der Waals surface area contributed by atoms with Crippen molar-refractivity contribution in [1.29, 1.82) is 0 Å². The molecule has 1 aromatic rings. The van der Waals surface area contributed by atoms with Gasteiger partial charge in [0.2, 0.25) is 11.8 Å². The summed E-state index contributed by atoms with van der Waals surface area (Å²) in [6, 6.07) is 7.54. The molecule has 142 valence electrons. The second-order valence-corrected chi connectivity index (χ2v) is 6.91. The lowest BCUT2D eigenvalue weighted by Crippen LogP contribution is -2.45. The fourth-order valence-electron chi connectivity index (χ4n) is 3.84. The average Bonchev–Trinajstić information content (AvgIpc) is 3.02. The minimum absolute atomic E-state index is 0.0708. The van der Waals surface area contributed by atoms with Crippen molar-refractivity contribution in [2.24, 2.45) is 5.92 Å². The van der Waals surface area contributed by atoms with Gasteiger partial charge in [-0.1, -0.05) is 25.5 Å². The zero-order chi connectivity index (χ0) is 18.5. The third-order valence-electron chi connectivity index (χ3n) is 5.28. The number of hydrogen-bond donors (Lipinski definition) is 0. The van der Waals surface area contributed by atoms with E-state index >= 15 is 0 Å². The number of rotatable bonds is 6. The first-order chi connectivity index (χ1) is 12.7. The molecule has 2 amide bonds. The Balaban J connectivity index is 1.87. The smallest absolute Gasteiger partial charge is 0.228 e. The van der Waals surface area contributed by atoms with Gasteiger partial charge in [0, 0.05) is 26.1 Å². The van der Waals surface area contributed by atoms with Gasteiger partial charge >= 0.3 is 0 Å². The summed E-state index contributed by atoms with van der Waals surface area (Å²) in [5.41, 5.74) is 0.999. The van der Waals surface area contributed by atoms with E-state index in [1.165, 1.54) is 0 Å². The Bertz CT molecular complexity index is 625. The maximum absolute atomic E-state index is 13.1. The molecule has 1 aromatic carbocycles. The van der Waals surface area contributed by atoms with Gasteiger partial charge in [-0.25, -0.2) is 0 Å². The average molecular weight is 360 g/mol. The van der Waals surface area contributed by atoms with Crippen LogP contribution < -0.4 is 4.74 Å². The zero-order valence-electron chi connectivity index (χ0n) is 15.6. The Kier molecular flexibility index (Phi) is 6.14. The molecule has 2 saturated heterocycles. The highest BCUT2D eigenvalue weighted by atomic mass is 16.5. The number of carbonyl (C=O) groups excluding carboxylic acids is 2. The summed E-state index contributed by atoms with van der Waals surface area (Å²) in [5, 5.41) is 0. The van der Waals surface area contributed by atoms with E-state index in [0.717, 1.165) is 24.2 Å². The summed E-state index contributed by atoms with van der Waals surface area (Å²) in [4.78, 5) is 29.6. The number of unbranched alkanes of at least 4 members (excludes halogenated alkanes) is 1. The fourth-order valence-corrected chi connectivity index (χ4v) is 3.84. The molecule has 0 aliphatic carbocycles. The van der Waals surface area contributed by atoms with Crippen molar-refractivity contribution in [2.75, 3.05) is 40.0 Å². The van der Waals surface area contributed by atoms with Crippen LogP contribution in [0.25, 0.3) is 0 Å². The number of ether oxygens (including phenoxy) is 2. The molecule has 6 nitrogen and oxygen atoms in total. The molecule has 6 heteroatoms. The lowest BCUT2D eigenvalue weighted by molar-refractivity contribution is -0.140. The first kappa shape index (κ1) is 18.7. The van der Waals surface area contributed by atoms with Crippen LogP contribution in [0.5, 0.6) is 5.75 Å². The van der Waals surface area contributed by atoms with E-state index in [9.17, 15) is 9.59 Å². The lowest BCUT2D eigenvalue weighted by atomic mass is 9.92. The zero-order valence-corrected chi connectivity index (χ0v) is 15.6. The second-order valence-electron chi connectivity index (χ2n) is 6.91. The van der Waals surface area contributed by atoms with Crippen molar-refractivity contribution in [2.45, 2.75) is 32.2 Å². The molecule has 2 fully saturated rings. The van der Waals surface area contributed by atoms with Gasteiger partial charge < -0.3 is 19.3 Å². The molecule has 2 aliphatic rings. The predicted molar refractivity (Wildman–Crippen MR) is 97.9 cm³/mol. The predicted octanol–water partition coefficient (Wildman–Crippen LogP) is 2.24. The number of methoxy groups -OCH3 is 1. The van der Waals surface area contributed by atoms with Crippen LogP contribution in [-0.4, -0.2) is 61.6 Å². The van der Waals surface area contributed by atoms with Crippen LogP contribution in [0.3, 0.4) is 0 Å². The van der Waals surface area contributed by atoms with Gasteiger partial charge in [0.15, 0.2) is 0 Å². The Hall–Kier alpha value is -2.08. The highest BCUT2D eigenvalue weighted by Crippen LogP contribution is 2.40. The minimum Gasteiger partial charge on any atom is -0.497 e. The topological polar surface area (TPSA) is 59.1 Å². The highest BCUT2D eigenvalue weighted by Gasteiger charge is 2.45. The number of morpholine rings is 1. The van der Waals surface area contributed by atoms with Crippen molar-refractivity contribution in [1.82, 2.24) is 9.80 Å². The number of hydrogen-bond acceptors (Lipinski definition) is 4. The van der Waals surface area contributed by atoms with Crippen molar-refractivity contribution < 1.29 is 19.1 Å². The summed E-state index contributed by atoms with van der Waals surface area (Å²) < 4.78 is 10.6. The Morgan fingerprint density at radius 3 is 2.54 bits per heavy atom. The molecule has 26 heavy (non-hydrogen) atoms. The van der Waals surface area contributed by atoms with Crippen molar-refractivity contribution in [3.05, 3.63) is 29.8 Å². The normalized spacial score (nSPS) is 23.4. The maximum atomic E-state index is 13.1. The Morgan fingerprint density at radius 1 is 1.23 bits per heavy atom. The first-order valence-electron chi connectivity index (χ1n) is 9.45. The van der Waals surface area contributed by atoms with Gasteiger partial charge in [-0.2, -0.15) is 0 Å². The molecule has 0 aromatic heterocycles. The van der Waals surface area contributed by atoms with Crippen molar-refractivity contribution in [3.63, 3.8) is 0 Å². The van der Waals surface area contributed by atoms with E-state index in [2.05, 4.69) is 6.92 Å². The third-order valence-corrected chi connectivity index (χ3v) is 5.28. The molecule has 2 unspecified atom stereocenters. The monoisotopic (exact) mass is 360 g/mol. The molecular weight excluding hydrogens is 332 g/mol. The van der Waals surface area contributed by atoms with Crippen LogP contribution in [-0.2, 0) is 14.3 Å². The summed E-state index contributed by atoms with van der Waals surface area (Å²) in [6.07, 6.45) is 2.24. The molecule has 2 heterocycles. The van der Waals surface area contributed by atoms with Gasteiger partial charge in [0.05, 0.1) is 32.3 Å². The van der Waals surface area contributed by atoms with E-state index in [1.54, 1.807) is 7.11 Å². The van der Waals surface area contributed by atoms with Crippen LogP contribution >= 0.6 is 0 Å².